The molecule has 1 aliphatic carbocycles. The van der Waals surface area contributed by atoms with E-state index in [1.807, 2.05) is 0 Å². The van der Waals surface area contributed by atoms with Crippen LogP contribution in [-0.4, -0.2) is 5.11 Å². The molecular weight excluding hydrogens is 263 g/mol. The van der Waals surface area contributed by atoms with Crippen LogP contribution in [0.2, 0.25) is 5.02 Å². The van der Waals surface area contributed by atoms with Crippen LogP contribution in [0.1, 0.15) is 29.5 Å². The van der Waals surface area contributed by atoms with Crippen molar-refractivity contribution in [1.82, 2.24) is 0 Å². The van der Waals surface area contributed by atoms with Gasteiger partial charge in [0.05, 0.1) is 11.6 Å². The normalized spacial score (nSPS) is 15.4. The molecule has 0 heterocycles. The van der Waals surface area contributed by atoms with E-state index in [4.69, 9.17) is 11.6 Å². The highest BCUT2D eigenvalue weighted by atomic mass is 79.9. The summed E-state index contributed by atoms with van der Waals surface area (Å²) >= 11 is 9.55. The van der Waals surface area contributed by atoms with Crippen LogP contribution in [0.5, 0.6) is 0 Å². The molecule has 0 atom stereocenters. The predicted molar refractivity (Wildman–Crippen MR) is 61.7 cm³/mol. The summed E-state index contributed by atoms with van der Waals surface area (Å²) in [6, 6.07) is 2.09. The molecule has 1 aliphatic rings. The van der Waals surface area contributed by atoms with Crippen molar-refractivity contribution in [2.24, 2.45) is 0 Å². The van der Waals surface area contributed by atoms with Gasteiger partial charge in [-0.25, -0.2) is 0 Å². The van der Waals surface area contributed by atoms with E-state index in [9.17, 15) is 5.11 Å². The zero-order valence-corrected chi connectivity index (χ0v) is 10.2. The van der Waals surface area contributed by atoms with E-state index in [1.54, 1.807) is 0 Å². The molecule has 0 aromatic heterocycles. The van der Waals surface area contributed by atoms with E-state index in [-0.39, 0.29) is 6.61 Å². The largest absolute Gasteiger partial charge is 0.392 e. The molecule has 0 radical (unpaired) electrons. The predicted octanol–water partition coefficient (Wildman–Crippen LogP) is 3.47. The Morgan fingerprint density at radius 1 is 1.36 bits per heavy atom. The highest BCUT2D eigenvalue weighted by molar-refractivity contribution is 9.10. The number of aliphatic hydroxyl groups is 1. The van der Waals surface area contributed by atoms with Crippen LogP contribution in [0.15, 0.2) is 10.5 Å². The summed E-state index contributed by atoms with van der Waals surface area (Å²) < 4.78 is 0.906. The number of rotatable bonds is 1. The van der Waals surface area contributed by atoms with Crippen molar-refractivity contribution in [3.8, 4) is 0 Å². The Bertz CT molecular complexity index is 363. The number of benzene rings is 1. The summed E-state index contributed by atoms with van der Waals surface area (Å²) in [7, 11) is 0. The molecule has 1 aromatic rings. The molecule has 0 unspecified atom stereocenters. The fraction of sp³-hybridized carbons (Fsp3) is 0.455. The van der Waals surface area contributed by atoms with Crippen molar-refractivity contribution in [3.63, 3.8) is 0 Å². The molecule has 76 valence electrons. The fourth-order valence-corrected chi connectivity index (χ4v) is 2.83. The van der Waals surface area contributed by atoms with Crippen molar-refractivity contribution in [1.29, 1.82) is 0 Å². The molecule has 0 fully saturated rings. The smallest absolute Gasteiger partial charge is 0.0699 e. The third-order valence-corrected chi connectivity index (χ3v) is 4.09. The SMILES string of the molecule is OCc1c(Cl)c(Br)cc2c1CCCC2. The summed E-state index contributed by atoms with van der Waals surface area (Å²) in [6.07, 6.45) is 4.61. The monoisotopic (exact) mass is 274 g/mol. The van der Waals surface area contributed by atoms with E-state index in [0.717, 1.165) is 22.9 Å². The van der Waals surface area contributed by atoms with Gasteiger partial charge in [0, 0.05) is 10.0 Å². The summed E-state index contributed by atoms with van der Waals surface area (Å²) in [5.41, 5.74) is 3.53. The van der Waals surface area contributed by atoms with E-state index in [2.05, 4.69) is 22.0 Å². The van der Waals surface area contributed by atoms with Gasteiger partial charge in [0.25, 0.3) is 0 Å². The van der Waals surface area contributed by atoms with Crippen molar-refractivity contribution >= 4 is 27.5 Å². The van der Waals surface area contributed by atoms with Crippen LogP contribution < -0.4 is 0 Å². The molecular formula is C11H12BrClO. The van der Waals surface area contributed by atoms with Gasteiger partial charge in [0.2, 0.25) is 0 Å². The molecule has 14 heavy (non-hydrogen) atoms. The average molecular weight is 276 g/mol. The molecule has 0 spiro atoms. The van der Waals surface area contributed by atoms with Gasteiger partial charge in [-0.05, 0) is 58.8 Å². The highest BCUT2D eigenvalue weighted by Gasteiger charge is 2.17. The second-order valence-electron chi connectivity index (χ2n) is 3.65. The maximum atomic E-state index is 9.29. The zero-order valence-electron chi connectivity index (χ0n) is 7.82. The summed E-state index contributed by atoms with van der Waals surface area (Å²) in [5.74, 6) is 0. The van der Waals surface area contributed by atoms with Crippen LogP contribution in [-0.2, 0) is 19.4 Å². The topological polar surface area (TPSA) is 20.2 Å². The van der Waals surface area contributed by atoms with Gasteiger partial charge in [-0.3, -0.25) is 0 Å². The molecule has 0 bridgehead atoms. The van der Waals surface area contributed by atoms with Gasteiger partial charge in [0.1, 0.15) is 0 Å². The van der Waals surface area contributed by atoms with E-state index in [0.29, 0.717) is 5.02 Å². The first-order chi connectivity index (χ1) is 6.74. The Kier molecular flexibility index (Phi) is 3.15. The molecule has 1 nitrogen and oxygen atoms in total. The first kappa shape index (κ1) is 10.5. The van der Waals surface area contributed by atoms with Crippen molar-refractivity contribution in [2.75, 3.05) is 0 Å². The number of aryl methyl sites for hydroxylation is 1. The molecule has 2 rings (SSSR count). The zero-order chi connectivity index (χ0) is 10.1. The highest BCUT2D eigenvalue weighted by Crippen LogP contribution is 2.35. The minimum Gasteiger partial charge on any atom is -0.392 e. The maximum absolute atomic E-state index is 9.29. The molecule has 0 amide bonds. The molecule has 1 N–H and O–H groups in total. The lowest BCUT2D eigenvalue weighted by Crippen LogP contribution is -2.07. The second kappa shape index (κ2) is 4.21. The van der Waals surface area contributed by atoms with Crippen LogP contribution >= 0.6 is 27.5 Å². The molecule has 0 aliphatic heterocycles. The average Bonchev–Trinajstić information content (AvgIpc) is 2.20. The summed E-state index contributed by atoms with van der Waals surface area (Å²) in [5, 5.41) is 9.97. The molecule has 1 aromatic carbocycles. The Hall–Kier alpha value is -0.0500. The third kappa shape index (κ3) is 1.71. The van der Waals surface area contributed by atoms with E-state index >= 15 is 0 Å². The first-order valence-electron chi connectivity index (χ1n) is 4.83. The van der Waals surface area contributed by atoms with E-state index < -0.39 is 0 Å². The number of halogens is 2. The molecule has 0 saturated carbocycles. The lowest BCUT2D eigenvalue weighted by atomic mass is 9.88. The Morgan fingerprint density at radius 3 is 2.79 bits per heavy atom. The lowest BCUT2D eigenvalue weighted by Gasteiger charge is -2.20. The van der Waals surface area contributed by atoms with Gasteiger partial charge >= 0.3 is 0 Å². The quantitative estimate of drug-likeness (QED) is 0.832. The Balaban J connectivity index is 2.60. The first-order valence-corrected chi connectivity index (χ1v) is 6.00. The van der Waals surface area contributed by atoms with Crippen molar-refractivity contribution in [3.05, 3.63) is 32.3 Å². The van der Waals surface area contributed by atoms with Crippen molar-refractivity contribution in [2.45, 2.75) is 32.3 Å². The third-order valence-electron chi connectivity index (χ3n) is 2.81. The number of aliphatic hydroxyl groups excluding tert-OH is 1. The Morgan fingerprint density at radius 2 is 2.07 bits per heavy atom. The second-order valence-corrected chi connectivity index (χ2v) is 4.89. The fourth-order valence-electron chi connectivity index (χ4n) is 2.09. The van der Waals surface area contributed by atoms with Crippen molar-refractivity contribution < 1.29 is 5.11 Å². The summed E-state index contributed by atoms with van der Waals surface area (Å²) in [6.45, 7) is 0.0423. The summed E-state index contributed by atoms with van der Waals surface area (Å²) in [4.78, 5) is 0. The maximum Gasteiger partial charge on any atom is 0.0699 e. The number of hydrogen-bond acceptors (Lipinski definition) is 1. The van der Waals surface area contributed by atoms with E-state index in [1.165, 1.54) is 24.0 Å². The Labute approximate surface area is 97.2 Å². The van der Waals surface area contributed by atoms with Gasteiger partial charge in [0.15, 0.2) is 0 Å². The lowest BCUT2D eigenvalue weighted by molar-refractivity contribution is 0.280. The standard InChI is InChI=1S/C11H12BrClO/c12-10-5-7-3-1-2-4-8(7)9(6-14)11(10)13/h5,14H,1-4,6H2. The number of fused-ring (bicyclic) bond motifs is 1. The van der Waals surface area contributed by atoms with Crippen LogP contribution in [0.25, 0.3) is 0 Å². The minimum atomic E-state index is 0.0423. The van der Waals surface area contributed by atoms with Gasteiger partial charge in [-0.2, -0.15) is 0 Å². The molecule has 3 heteroatoms. The van der Waals surface area contributed by atoms with Crippen LogP contribution in [0.3, 0.4) is 0 Å². The minimum absolute atomic E-state index is 0.0423. The van der Waals surface area contributed by atoms with Crippen LogP contribution in [0, 0.1) is 0 Å². The number of hydrogen-bond donors (Lipinski definition) is 1. The van der Waals surface area contributed by atoms with Gasteiger partial charge in [-0.1, -0.05) is 11.6 Å². The van der Waals surface area contributed by atoms with Gasteiger partial charge in [-0.15, -0.1) is 0 Å². The van der Waals surface area contributed by atoms with Crippen LogP contribution in [0.4, 0.5) is 0 Å². The molecule has 0 saturated heterocycles. The van der Waals surface area contributed by atoms with Gasteiger partial charge < -0.3 is 5.11 Å².